The lowest BCUT2D eigenvalue weighted by atomic mass is 10.1. The molecule has 1 aliphatic heterocycles. The van der Waals surface area contributed by atoms with E-state index < -0.39 is 0 Å². The summed E-state index contributed by atoms with van der Waals surface area (Å²) in [6.07, 6.45) is 1.57. The number of hydrogen-bond donors (Lipinski definition) is 0. The number of carbonyl (C=O) groups excluding carboxylic acids is 1. The number of para-hydroxylation sites is 2. The second-order valence-electron chi connectivity index (χ2n) is 7.13. The number of thiazole rings is 1. The molecule has 0 saturated carbocycles. The van der Waals surface area contributed by atoms with Gasteiger partial charge in [-0.25, -0.2) is 4.68 Å². The molecule has 0 aliphatic carbocycles. The standard InChI is InChI=1S/C22H20N4O3S/c1-14-17(11-23-26(14)15-7-4-3-5-8-15)21(27)25-12-16(13-25)29-22-24-20-18(28-2)9-6-10-19(20)30-22/h3-11,16H,12-13H2,1-2H3. The Balaban J connectivity index is 1.25. The van der Waals surface area contributed by atoms with E-state index in [0.29, 0.717) is 23.8 Å². The van der Waals surface area contributed by atoms with Gasteiger partial charge in [-0.15, -0.1) is 0 Å². The van der Waals surface area contributed by atoms with Crippen LogP contribution >= 0.6 is 11.3 Å². The molecule has 3 heterocycles. The van der Waals surface area contributed by atoms with Crippen LogP contribution in [0, 0.1) is 6.92 Å². The minimum atomic E-state index is -0.0648. The summed E-state index contributed by atoms with van der Waals surface area (Å²) in [6, 6.07) is 15.6. The Kier molecular flexibility index (Phi) is 4.63. The normalized spacial score (nSPS) is 14.0. The summed E-state index contributed by atoms with van der Waals surface area (Å²) >= 11 is 1.48. The van der Waals surface area contributed by atoms with Crippen molar-refractivity contribution in [2.45, 2.75) is 13.0 Å². The number of nitrogens with zero attached hydrogens (tertiary/aromatic N) is 4. The molecule has 2 aromatic carbocycles. The number of amides is 1. The summed E-state index contributed by atoms with van der Waals surface area (Å²) in [4.78, 5) is 19.2. The van der Waals surface area contributed by atoms with Crippen LogP contribution in [0.1, 0.15) is 16.1 Å². The first-order valence-electron chi connectivity index (χ1n) is 9.63. The SMILES string of the molecule is COc1cccc2sc(OC3CN(C(=O)c4cnn(-c5ccccc5)c4C)C3)nc12. The van der Waals surface area contributed by atoms with Crippen LogP contribution in [0.2, 0.25) is 0 Å². The lowest BCUT2D eigenvalue weighted by Gasteiger charge is -2.38. The highest BCUT2D eigenvalue weighted by molar-refractivity contribution is 7.20. The van der Waals surface area contributed by atoms with Gasteiger partial charge in [0.2, 0.25) is 0 Å². The Morgan fingerprint density at radius 3 is 2.70 bits per heavy atom. The van der Waals surface area contributed by atoms with Crippen LogP contribution in [-0.2, 0) is 0 Å². The van der Waals surface area contributed by atoms with E-state index in [1.807, 2.05) is 55.5 Å². The summed E-state index contributed by atoms with van der Waals surface area (Å²) in [5.41, 5.74) is 3.18. The van der Waals surface area contributed by atoms with Crippen LogP contribution in [0.5, 0.6) is 10.9 Å². The largest absolute Gasteiger partial charge is 0.494 e. The van der Waals surface area contributed by atoms with Gasteiger partial charge in [-0.1, -0.05) is 35.6 Å². The van der Waals surface area contributed by atoms with Crippen molar-refractivity contribution < 1.29 is 14.3 Å². The summed E-state index contributed by atoms with van der Waals surface area (Å²) < 4.78 is 14.2. The van der Waals surface area contributed by atoms with Crippen LogP contribution in [-0.4, -0.2) is 51.9 Å². The van der Waals surface area contributed by atoms with Crippen LogP contribution in [0.15, 0.2) is 54.7 Å². The Morgan fingerprint density at radius 1 is 1.13 bits per heavy atom. The minimum Gasteiger partial charge on any atom is -0.494 e. The highest BCUT2D eigenvalue weighted by Crippen LogP contribution is 2.34. The van der Waals surface area contributed by atoms with E-state index in [1.54, 1.807) is 22.9 Å². The van der Waals surface area contributed by atoms with Gasteiger partial charge in [0.05, 0.1) is 48.0 Å². The van der Waals surface area contributed by atoms with Gasteiger partial charge in [-0.05, 0) is 31.2 Å². The van der Waals surface area contributed by atoms with Gasteiger partial charge in [-0.3, -0.25) is 4.79 Å². The maximum absolute atomic E-state index is 12.9. The van der Waals surface area contributed by atoms with Crippen molar-refractivity contribution in [2.75, 3.05) is 20.2 Å². The zero-order chi connectivity index (χ0) is 20.7. The first-order chi connectivity index (χ1) is 14.6. The molecule has 0 spiro atoms. The average Bonchev–Trinajstić information content (AvgIpc) is 3.33. The Labute approximate surface area is 177 Å². The lowest BCUT2D eigenvalue weighted by molar-refractivity contribution is 0.0177. The second-order valence-corrected chi connectivity index (χ2v) is 8.12. The minimum absolute atomic E-state index is 0.0273. The second kappa shape index (κ2) is 7.46. The molecule has 152 valence electrons. The summed E-state index contributed by atoms with van der Waals surface area (Å²) in [5, 5.41) is 4.99. The molecule has 1 saturated heterocycles. The molecule has 0 radical (unpaired) electrons. The van der Waals surface area contributed by atoms with E-state index in [4.69, 9.17) is 9.47 Å². The number of ether oxygens (including phenoxy) is 2. The molecule has 0 atom stereocenters. The highest BCUT2D eigenvalue weighted by atomic mass is 32.1. The monoisotopic (exact) mass is 420 g/mol. The van der Waals surface area contributed by atoms with Crippen molar-refractivity contribution in [3.63, 3.8) is 0 Å². The van der Waals surface area contributed by atoms with Gasteiger partial charge in [-0.2, -0.15) is 10.1 Å². The fraction of sp³-hybridized carbons (Fsp3) is 0.227. The fourth-order valence-electron chi connectivity index (χ4n) is 3.56. The van der Waals surface area contributed by atoms with E-state index in [-0.39, 0.29) is 12.0 Å². The zero-order valence-corrected chi connectivity index (χ0v) is 17.4. The molecule has 0 N–H and O–H groups in total. The van der Waals surface area contributed by atoms with Gasteiger partial charge < -0.3 is 14.4 Å². The average molecular weight is 420 g/mol. The molecule has 1 amide bonds. The number of hydrogen-bond acceptors (Lipinski definition) is 6. The third-order valence-electron chi connectivity index (χ3n) is 5.23. The van der Waals surface area contributed by atoms with E-state index in [1.165, 1.54) is 11.3 Å². The molecule has 0 bridgehead atoms. The van der Waals surface area contributed by atoms with Crippen LogP contribution in [0.4, 0.5) is 0 Å². The first kappa shape index (κ1) is 18.6. The summed E-state index contributed by atoms with van der Waals surface area (Å²) in [7, 11) is 1.63. The topological polar surface area (TPSA) is 69.5 Å². The predicted molar refractivity (Wildman–Crippen MR) is 115 cm³/mol. The zero-order valence-electron chi connectivity index (χ0n) is 16.6. The Hall–Kier alpha value is -3.39. The third-order valence-corrected chi connectivity index (χ3v) is 6.14. The number of aromatic nitrogens is 3. The van der Waals surface area contributed by atoms with Crippen molar-refractivity contribution >= 4 is 27.5 Å². The summed E-state index contributed by atoms with van der Waals surface area (Å²) in [5.74, 6) is 0.704. The van der Waals surface area contributed by atoms with Gasteiger partial charge in [0, 0.05) is 0 Å². The van der Waals surface area contributed by atoms with E-state index in [2.05, 4.69) is 10.1 Å². The number of carbonyl (C=O) groups is 1. The number of rotatable bonds is 5. The predicted octanol–water partition coefficient (Wildman–Crippen LogP) is 3.70. The Bertz CT molecular complexity index is 1210. The number of fused-ring (bicyclic) bond motifs is 1. The number of methoxy groups -OCH3 is 1. The maximum atomic E-state index is 12.9. The molecule has 1 aliphatic rings. The molecular weight excluding hydrogens is 400 g/mol. The van der Waals surface area contributed by atoms with Gasteiger partial charge in [0.15, 0.2) is 0 Å². The lowest BCUT2D eigenvalue weighted by Crippen LogP contribution is -2.56. The molecule has 1 fully saturated rings. The molecule has 5 rings (SSSR count). The van der Waals surface area contributed by atoms with Crippen molar-refractivity contribution in [1.29, 1.82) is 0 Å². The quantitative estimate of drug-likeness (QED) is 0.492. The van der Waals surface area contributed by atoms with E-state index in [9.17, 15) is 4.79 Å². The smallest absolute Gasteiger partial charge is 0.274 e. The first-order valence-corrected chi connectivity index (χ1v) is 10.4. The van der Waals surface area contributed by atoms with E-state index >= 15 is 0 Å². The van der Waals surface area contributed by atoms with Gasteiger partial charge in [0.1, 0.15) is 17.4 Å². The van der Waals surface area contributed by atoms with Crippen LogP contribution in [0.3, 0.4) is 0 Å². The van der Waals surface area contributed by atoms with Crippen molar-refractivity contribution in [3.05, 3.63) is 66.0 Å². The van der Waals surface area contributed by atoms with Crippen molar-refractivity contribution in [3.8, 4) is 16.6 Å². The Morgan fingerprint density at radius 2 is 1.93 bits per heavy atom. The molecule has 2 aromatic heterocycles. The van der Waals surface area contributed by atoms with Gasteiger partial charge in [0.25, 0.3) is 11.1 Å². The third kappa shape index (κ3) is 3.19. The molecule has 8 heteroatoms. The number of likely N-dealkylation sites (tertiary alicyclic amines) is 1. The molecule has 7 nitrogen and oxygen atoms in total. The number of benzene rings is 2. The fourth-order valence-corrected chi connectivity index (χ4v) is 4.46. The van der Waals surface area contributed by atoms with Crippen molar-refractivity contribution in [2.24, 2.45) is 0 Å². The molecule has 30 heavy (non-hydrogen) atoms. The van der Waals surface area contributed by atoms with Crippen LogP contribution < -0.4 is 9.47 Å². The van der Waals surface area contributed by atoms with E-state index in [0.717, 1.165) is 27.3 Å². The molecular formula is C22H20N4O3S. The van der Waals surface area contributed by atoms with Crippen molar-refractivity contribution in [1.82, 2.24) is 19.7 Å². The maximum Gasteiger partial charge on any atom is 0.274 e. The van der Waals surface area contributed by atoms with Gasteiger partial charge >= 0.3 is 0 Å². The molecule has 0 unspecified atom stereocenters. The molecule has 4 aromatic rings. The van der Waals surface area contributed by atoms with Crippen LogP contribution in [0.25, 0.3) is 15.9 Å². The highest BCUT2D eigenvalue weighted by Gasteiger charge is 2.35. The summed E-state index contributed by atoms with van der Waals surface area (Å²) in [6.45, 7) is 2.97.